The van der Waals surface area contributed by atoms with Crippen LogP contribution >= 0.6 is 38.5 Å². The first kappa shape index (κ1) is 9.98. The number of hydrogen-bond acceptors (Lipinski definition) is 2. The minimum absolute atomic E-state index is 0.0454. The highest BCUT2D eigenvalue weighted by molar-refractivity contribution is 14.1. The molecule has 0 radical (unpaired) electrons. The Balaban J connectivity index is 3.37. The number of aromatic hydroxyl groups is 1. The van der Waals surface area contributed by atoms with Crippen molar-refractivity contribution in [3.05, 3.63) is 25.7 Å². The molecule has 0 aliphatic rings. The molecule has 0 aliphatic carbocycles. The lowest BCUT2D eigenvalue weighted by Crippen LogP contribution is -1.95. The number of benzene rings is 1. The predicted molar refractivity (Wildman–Crippen MR) is 58.5 cm³/mol. The smallest absolute Gasteiger partial charge is 0.161 e. The Morgan fingerprint density at radius 2 is 2.17 bits per heavy atom. The van der Waals surface area contributed by atoms with E-state index < -0.39 is 0 Å². The number of hydrogen-bond donors (Lipinski definition) is 1. The van der Waals surface area contributed by atoms with E-state index in [1.165, 1.54) is 6.92 Å². The Labute approximate surface area is 92.2 Å². The molecular formula is C8H6BrIO2. The fourth-order valence-electron chi connectivity index (χ4n) is 0.831. The van der Waals surface area contributed by atoms with Gasteiger partial charge >= 0.3 is 0 Å². The van der Waals surface area contributed by atoms with Crippen molar-refractivity contribution in [2.45, 2.75) is 6.92 Å². The molecule has 0 spiro atoms. The average Bonchev–Trinajstić information content (AvgIpc) is 1.96. The summed E-state index contributed by atoms with van der Waals surface area (Å²) in [5, 5.41) is 9.34. The second-order valence-corrected chi connectivity index (χ2v) is 4.34. The van der Waals surface area contributed by atoms with Gasteiger partial charge < -0.3 is 5.11 Å². The minimum Gasteiger partial charge on any atom is -0.507 e. The number of carbonyl (C=O) groups excluding carboxylic acids is 1. The topological polar surface area (TPSA) is 37.3 Å². The lowest BCUT2D eigenvalue weighted by molar-refractivity contribution is 0.101. The van der Waals surface area contributed by atoms with Crippen LogP contribution in [0.1, 0.15) is 17.3 Å². The maximum atomic E-state index is 11.0. The quantitative estimate of drug-likeness (QED) is 0.630. The Morgan fingerprint density at radius 3 is 2.67 bits per heavy atom. The monoisotopic (exact) mass is 340 g/mol. The van der Waals surface area contributed by atoms with Gasteiger partial charge in [-0.2, -0.15) is 0 Å². The van der Waals surface area contributed by atoms with Gasteiger partial charge in [-0.05, 0) is 41.6 Å². The van der Waals surface area contributed by atoms with Crippen molar-refractivity contribution in [2.24, 2.45) is 0 Å². The fraction of sp³-hybridized carbons (Fsp3) is 0.125. The number of rotatable bonds is 1. The summed E-state index contributed by atoms with van der Waals surface area (Å²) >= 11 is 5.15. The van der Waals surface area contributed by atoms with E-state index in [0.29, 0.717) is 13.6 Å². The number of carbonyl (C=O) groups is 1. The molecule has 1 aromatic rings. The summed E-state index contributed by atoms with van der Waals surface area (Å²) < 4.78 is 1.31. The van der Waals surface area contributed by atoms with Crippen molar-refractivity contribution in [3.8, 4) is 5.75 Å². The highest BCUT2D eigenvalue weighted by Crippen LogP contribution is 2.28. The summed E-state index contributed by atoms with van der Waals surface area (Å²) in [5.41, 5.74) is 0.544. The van der Waals surface area contributed by atoms with E-state index in [-0.39, 0.29) is 11.5 Å². The van der Waals surface area contributed by atoms with Crippen LogP contribution in [0.2, 0.25) is 0 Å². The zero-order valence-corrected chi connectivity index (χ0v) is 10.0. The van der Waals surface area contributed by atoms with Crippen molar-refractivity contribution >= 4 is 44.3 Å². The average molecular weight is 341 g/mol. The summed E-state index contributed by atoms with van der Waals surface area (Å²) in [6, 6.07) is 3.26. The van der Waals surface area contributed by atoms with E-state index in [2.05, 4.69) is 15.9 Å². The molecule has 0 fully saturated rings. The van der Waals surface area contributed by atoms with Crippen LogP contribution in [0, 0.1) is 3.57 Å². The van der Waals surface area contributed by atoms with Crippen LogP contribution in [0.5, 0.6) is 5.75 Å². The van der Waals surface area contributed by atoms with Crippen LogP contribution in [0.4, 0.5) is 0 Å². The highest BCUT2D eigenvalue weighted by atomic mass is 127. The van der Waals surface area contributed by atoms with Crippen LogP contribution in [-0.2, 0) is 0 Å². The Hall–Kier alpha value is -0.100. The third-order valence-corrected chi connectivity index (χ3v) is 2.99. The number of phenols is 1. The molecule has 0 aliphatic heterocycles. The van der Waals surface area contributed by atoms with Gasteiger partial charge in [-0.25, -0.2) is 0 Å². The second kappa shape index (κ2) is 3.74. The van der Waals surface area contributed by atoms with Crippen molar-refractivity contribution in [2.75, 3.05) is 0 Å². The van der Waals surface area contributed by atoms with E-state index >= 15 is 0 Å². The van der Waals surface area contributed by atoms with Gasteiger partial charge in [-0.15, -0.1) is 0 Å². The molecule has 0 saturated carbocycles. The molecule has 1 N–H and O–H groups in total. The maximum absolute atomic E-state index is 11.0. The molecule has 2 nitrogen and oxygen atoms in total. The van der Waals surface area contributed by atoms with Crippen molar-refractivity contribution in [1.29, 1.82) is 0 Å². The third kappa shape index (κ3) is 1.98. The van der Waals surface area contributed by atoms with Gasteiger partial charge in [-0.3, -0.25) is 4.79 Å². The summed E-state index contributed by atoms with van der Waals surface area (Å²) in [4.78, 5) is 11.0. The zero-order valence-electron chi connectivity index (χ0n) is 6.27. The number of Topliss-reactive ketones (excluding diaryl/α,β-unsaturated/α-hetero) is 1. The maximum Gasteiger partial charge on any atom is 0.161 e. The number of ketones is 1. The van der Waals surface area contributed by atoms with Crippen molar-refractivity contribution in [3.63, 3.8) is 0 Å². The van der Waals surface area contributed by atoms with Gasteiger partial charge in [0.1, 0.15) is 5.75 Å². The van der Waals surface area contributed by atoms with Crippen LogP contribution < -0.4 is 0 Å². The van der Waals surface area contributed by atoms with E-state index in [0.717, 1.165) is 0 Å². The molecule has 0 amide bonds. The van der Waals surface area contributed by atoms with Crippen LogP contribution in [-0.4, -0.2) is 10.9 Å². The summed E-state index contributed by atoms with van der Waals surface area (Å²) in [7, 11) is 0. The van der Waals surface area contributed by atoms with Gasteiger partial charge in [0.15, 0.2) is 5.78 Å². The van der Waals surface area contributed by atoms with E-state index in [9.17, 15) is 9.90 Å². The van der Waals surface area contributed by atoms with Gasteiger partial charge in [0.2, 0.25) is 0 Å². The van der Waals surface area contributed by atoms with E-state index in [1.807, 2.05) is 22.6 Å². The summed E-state index contributed by atoms with van der Waals surface area (Å²) in [6.07, 6.45) is 0. The molecule has 0 aromatic heterocycles. The van der Waals surface area contributed by atoms with E-state index in [4.69, 9.17) is 0 Å². The first-order chi connectivity index (χ1) is 5.52. The Kier molecular flexibility index (Phi) is 3.11. The first-order valence-corrected chi connectivity index (χ1v) is 5.08. The molecule has 0 heterocycles. The zero-order chi connectivity index (χ0) is 9.30. The Morgan fingerprint density at radius 1 is 1.58 bits per heavy atom. The molecule has 0 unspecified atom stereocenters. The highest BCUT2D eigenvalue weighted by Gasteiger charge is 2.09. The van der Waals surface area contributed by atoms with Crippen LogP contribution in [0.15, 0.2) is 16.6 Å². The van der Waals surface area contributed by atoms with Crippen LogP contribution in [0.25, 0.3) is 0 Å². The standard InChI is InChI=1S/C8H6BrIO2/c1-4(11)6-2-5(9)3-7(12)8(6)10/h2-3,12H,1H3. The minimum atomic E-state index is -0.0454. The van der Waals surface area contributed by atoms with Gasteiger partial charge in [0.25, 0.3) is 0 Å². The molecule has 4 heteroatoms. The lowest BCUT2D eigenvalue weighted by Gasteiger charge is -2.03. The van der Waals surface area contributed by atoms with E-state index in [1.54, 1.807) is 12.1 Å². The first-order valence-electron chi connectivity index (χ1n) is 3.21. The van der Waals surface area contributed by atoms with Crippen LogP contribution in [0.3, 0.4) is 0 Å². The van der Waals surface area contributed by atoms with Crippen molar-refractivity contribution in [1.82, 2.24) is 0 Å². The van der Waals surface area contributed by atoms with Gasteiger partial charge in [-0.1, -0.05) is 15.9 Å². The molecule has 0 bridgehead atoms. The largest absolute Gasteiger partial charge is 0.507 e. The Bertz CT molecular complexity index is 336. The molecule has 0 saturated heterocycles. The molecule has 1 rings (SSSR count). The normalized spacial score (nSPS) is 9.92. The molecular weight excluding hydrogens is 335 g/mol. The number of phenolic OH excluding ortho intramolecular Hbond substituents is 1. The fourth-order valence-corrected chi connectivity index (χ4v) is 1.97. The predicted octanol–water partition coefficient (Wildman–Crippen LogP) is 2.96. The second-order valence-electron chi connectivity index (χ2n) is 2.34. The third-order valence-electron chi connectivity index (χ3n) is 1.40. The SMILES string of the molecule is CC(=O)c1cc(Br)cc(O)c1I. The molecule has 1 aromatic carbocycles. The summed E-state index contributed by atoms with van der Waals surface area (Å²) in [5.74, 6) is 0.0891. The molecule has 64 valence electrons. The molecule has 0 atom stereocenters. The lowest BCUT2D eigenvalue weighted by atomic mass is 10.1. The molecule has 12 heavy (non-hydrogen) atoms. The van der Waals surface area contributed by atoms with Crippen molar-refractivity contribution < 1.29 is 9.90 Å². The van der Waals surface area contributed by atoms with Gasteiger partial charge in [0.05, 0.1) is 3.57 Å². The number of halogens is 2. The summed E-state index contributed by atoms with van der Waals surface area (Å²) in [6.45, 7) is 1.48. The van der Waals surface area contributed by atoms with Gasteiger partial charge in [0, 0.05) is 10.0 Å².